The van der Waals surface area contributed by atoms with Gasteiger partial charge in [0.25, 0.3) is 0 Å². The summed E-state index contributed by atoms with van der Waals surface area (Å²) in [5.41, 5.74) is -2.63. The SMILES string of the molecule is C=C1CC23CCC4[C@](C)(C(=O)OC5OC(CO)C(O)C(OC6OC(CO)C(O)C(O)C6O)C5OC5OC(CO)C(O)C(O)C5O)CCC[C@@]4(C)[C@@H]2CC[C@]1(OC1OC(CO)C(O)C(OC2OC(CO)C(O)C(O)C2O)C1O)C3. The summed E-state index contributed by atoms with van der Waals surface area (Å²) in [5.74, 6) is -1.19. The molecule has 5 aliphatic heterocycles. The minimum atomic E-state index is -2.04. The second kappa shape index (κ2) is 23.3. The fourth-order valence-electron chi connectivity index (χ4n) is 15.0. The molecule has 4 aliphatic carbocycles. The number of hydrogen-bond acceptors (Lipinski definition) is 28. The molecule has 9 aliphatic rings. The smallest absolute Gasteiger partial charge is 0.314 e. The Morgan fingerprint density at radius 2 is 0.910 bits per heavy atom. The normalized spacial score (nSPS) is 54.5. The van der Waals surface area contributed by atoms with Crippen molar-refractivity contribution >= 4 is 5.97 Å². The van der Waals surface area contributed by atoms with Crippen LogP contribution in [0.1, 0.15) is 71.6 Å². The van der Waals surface area contributed by atoms with Crippen LogP contribution in [0.15, 0.2) is 12.2 Å². The highest BCUT2D eigenvalue weighted by Gasteiger charge is 2.70. The molecule has 0 amide bonds. The van der Waals surface area contributed by atoms with Crippen molar-refractivity contribution < 1.29 is 139 Å². The number of esters is 1. The second-order valence-electron chi connectivity index (χ2n) is 23.6. The Balaban J connectivity index is 0.949. The highest BCUT2D eigenvalue weighted by molar-refractivity contribution is 5.77. The number of aliphatic hydroxyl groups excluding tert-OH is 17. The zero-order chi connectivity index (χ0) is 56.7. The molecular weight excluding hydrogens is 1050 g/mol. The number of carbonyl (C=O) groups excluding carboxylic acids is 1. The van der Waals surface area contributed by atoms with Crippen molar-refractivity contribution in [3.05, 3.63) is 12.2 Å². The molecule has 31 atom stereocenters. The number of rotatable bonds is 15. The van der Waals surface area contributed by atoms with E-state index in [2.05, 4.69) is 13.5 Å². The number of fused-ring (bicyclic) bond motifs is 3. The third-order valence-corrected chi connectivity index (χ3v) is 19.2. The summed E-state index contributed by atoms with van der Waals surface area (Å²) in [6.07, 6.45) is -39.9. The van der Waals surface area contributed by atoms with Gasteiger partial charge in [-0.3, -0.25) is 4.79 Å². The first-order valence-corrected chi connectivity index (χ1v) is 26.9. The van der Waals surface area contributed by atoms with Crippen LogP contribution in [-0.2, 0) is 52.2 Å². The van der Waals surface area contributed by atoms with Crippen molar-refractivity contribution in [1.29, 1.82) is 0 Å². The van der Waals surface area contributed by atoms with Gasteiger partial charge >= 0.3 is 5.97 Å². The molecule has 78 heavy (non-hydrogen) atoms. The number of carbonyl (C=O) groups is 1. The van der Waals surface area contributed by atoms with Crippen molar-refractivity contribution in [3.8, 4) is 0 Å². The van der Waals surface area contributed by atoms with Gasteiger partial charge in [-0.1, -0.05) is 19.9 Å². The fraction of sp³-hybridized carbons (Fsp3) is 0.940. The van der Waals surface area contributed by atoms with Crippen LogP contribution in [0.25, 0.3) is 0 Å². The Labute approximate surface area is 448 Å². The molecule has 9 rings (SSSR count). The zero-order valence-electron chi connectivity index (χ0n) is 43.3. The molecule has 2 bridgehead atoms. The fourth-order valence-corrected chi connectivity index (χ4v) is 15.0. The van der Waals surface area contributed by atoms with Gasteiger partial charge in [0.2, 0.25) is 6.29 Å². The van der Waals surface area contributed by atoms with E-state index in [0.717, 1.165) is 0 Å². The Hall–Kier alpha value is -1.83. The lowest BCUT2D eigenvalue weighted by Gasteiger charge is -2.64. The van der Waals surface area contributed by atoms with Gasteiger partial charge in [0.1, 0.15) is 116 Å². The van der Waals surface area contributed by atoms with Gasteiger partial charge in [0, 0.05) is 0 Å². The maximum Gasteiger partial charge on any atom is 0.314 e. The first kappa shape index (κ1) is 60.8. The summed E-state index contributed by atoms with van der Waals surface area (Å²) >= 11 is 0. The van der Waals surface area contributed by atoms with Gasteiger partial charge in [-0.25, -0.2) is 0 Å². The lowest BCUT2D eigenvalue weighted by atomic mass is 9.41. The van der Waals surface area contributed by atoms with Crippen LogP contribution in [-0.4, -0.2) is 285 Å². The quantitative estimate of drug-likeness (QED) is 0.0411. The molecule has 28 heteroatoms. The van der Waals surface area contributed by atoms with Gasteiger partial charge in [0.05, 0.1) is 44.1 Å². The third-order valence-electron chi connectivity index (χ3n) is 19.2. The molecule has 27 unspecified atom stereocenters. The Morgan fingerprint density at radius 1 is 0.487 bits per heavy atom. The summed E-state index contributed by atoms with van der Waals surface area (Å²) in [6, 6.07) is 0. The van der Waals surface area contributed by atoms with Crippen LogP contribution in [0, 0.1) is 28.1 Å². The zero-order valence-corrected chi connectivity index (χ0v) is 43.3. The molecule has 0 aromatic heterocycles. The lowest BCUT2D eigenvalue weighted by molar-refractivity contribution is -0.389. The van der Waals surface area contributed by atoms with Crippen molar-refractivity contribution in [2.45, 2.75) is 231 Å². The monoisotopic (exact) mass is 1130 g/mol. The van der Waals surface area contributed by atoms with E-state index in [1.165, 1.54) is 0 Å². The molecule has 28 nitrogen and oxygen atoms in total. The van der Waals surface area contributed by atoms with Crippen LogP contribution >= 0.6 is 0 Å². The van der Waals surface area contributed by atoms with Crippen LogP contribution in [0.2, 0.25) is 0 Å². The minimum Gasteiger partial charge on any atom is -0.432 e. The van der Waals surface area contributed by atoms with E-state index >= 15 is 4.79 Å². The molecule has 17 N–H and O–H groups in total. The average Bonchev–Trinajstić information content (AvgIpc) is 3.88. The summed E-state index contributed by atoms with van der Waals surface area (Å²) in [5, 5.41) is 181. The molecule has 5 heterocycles. The van der Waals surface area contributed by atoms with Crippen molar-refractivity contribution in [2.75, 3.05) is 33.0 Å². The molecule has 5 saturated heterocycles. The van der Waals surface area contributed by atoms with E-state index in [1.54, 1.807) is 6.92 Å². The van der Waals surface area contributed by atoms with Gasteiger partial charge in [-0.2, -0.15) is 0 Å². The van der Waals surface area contributed by atoms with Crippen molar-refractivity contribution in [3.63, 3.8) is 0 Å². The van der Waals surface area contributed by atoms with Crippen LogP contribution in [0.4, 0.5) is 0 Å². The number of ether oxygens (including phenoxy) is 10. The first-order chi connectivity index (χ1) is 36.9. The maximum atomic E-state index is 15.2. The number of hydrogen-bond donors (Lipinski definition) is 17. The molecule has 0 radical (unpaired) electrons. The van der Waals surface area contributed by atoms with Gasteiger partial charge in [-0.05, 0) is 86.5 Å². The molecule has 4 saturated carbocycles. The molecule has 0 aromatic rings. The highest BCUT2D eigenvalue weighted by atomic mass is 16.8. The average molecular weight is 1130 g/mol. The first-order valence-electron chi connectivity index (χ1n) is 26.9. The highest BCUT2D eigenvalue weighted by Crippen LogP contribution is 2.74. The van der Waals surface area contributed by atoms with Gasteiger partial charge in [-0.15, -0.1) is 0 Å². The van der Waals surface area contributed by atoms with Crippen molar-refractivity contribution in [1.82, 2.24) is 0 Å². The molecular formula is C50H80O28. The van der Waals surface area contributed by atoms with Gasteiger partial charge in [0.15, 0.2) is 31.3 Å². The predicted molar refractivity (Wildman–Crippen MR) is 252 cm³/mol. The second-order valence-corrected chi connectivity index (χ2v) is 23.6. The lowest BCUT2D eigenvalue weighted by Crippen LogP contribution is -2.67. The van der Waals surface area contributed by atoms with E-state index in [-0.39, 0.29) is 11.8 Å². The Bertz CT molecular complexity index is 2070. The Morgan fingerprint density at radius 3 is 1.41 bits per heavy atom. The number of aliphatic hydroxyl groups is 17. The largest absolute Gasteiger partial charge is 0.432 e. The van der Waals surface area contributed by atoms with Gasteiger partial charge < -0.3 is 134 Å². The van der Waals surface area contributed by atoms with E-state index in [4.69, 9.17) is 47.4 Å². The summed E-state index contributed by atoms with van der Waals surface area (Å²) < 4.78 is 59.7. The molecule has 448 valence electrons. The predicted octanol–water partition coefficient (Wildman–Crippen LogP) is -7.29. The maximum absolute atomic E-state index is 15.2. The van der Waals surface area contributed by atoms with E-state index in [1.807, 2.05) is 0 Å². The summed E-state index contributed by atoms with van der Waals surface area (Å²) in [6.45, 7) is 4.22. The Kier molecular flexibility index (Phi) is 18.2. The minimum absolute atomic E-state index is 0.0444. The standard InChI is InChI=1S/C50H80O28/c1-18-11-49-9-5-24-47(2,25(49)6-10-50(18,17-49)78-44-37(67)38(29(59)22(15-54)72-44)74-41-34(64)31(61)26(56)19(12-51)69-41)7-4-8-48(24,3)46(68)77-45-40(76-43-36(66)33(63)28(58)21(14-53)71-43)39(30(60)23(16-55)73-45)75-42-35(65)32(62)27(57)20(13-52)70-42/h19-45,51-67H,1,4-17H2,2-3H3/t19?,20?,21?,22?,23?,24?,25-,26?,27?,28?,29?,30?,31?,32?,33?,34?,35?,36?,37?,38?,39?,40?,41?,42?,43?,44?,45?,47+,48+,49?,50-/m0/s1. The molecule has 0 aromatic carbocycles. The van der Waals surface area contributed by atoms with Crippen LogP contribution in [0.5, 0.6) is 0 Å². The topological polar surface area (TPSA) is 453 Å². The third kappa shape index (κ3) is 10.3. The summed E-state index contributed by atoms with van der Waals surface area (Å²) in [7, 11) is 0. The van der Waals surface area contributed by atoms with Crippen LogP contribution in [0.3, 0.4) is 0 Å². The van der Waals surface area contributed by atoms with Crippen molar-refractivity contribution in [2.24, 2.45) is 28.1 Å². The summed E-state index contributed by atoms with van der Waals surface area (Å²) in [4.78, 5) is 15.2. The van der Waals surface area contributed by atoms with Crippen LogP contribution < -0.4 is 0 Å². The van der Waals surface area contributed by atoms with E-state index < -0.39 is 214 Å². The molecule has 9 fully saturated rings. The van der Waals surface area contributed by atoms with E-state index in [9.17, 15) is 86.8 Å². The molecule has 1 spiro atoms. The van der Waals surface area contributed by atoms with E-state index in [0.29, 0.717) is 63.4 Å².